The number of nitrogens with zero attached hydrogens (tertiary/aromatic N) is 2. The van der Waals surface area contributed by atoms with Gasteiger partial charge < -0.3 is 20.6 Å². The van der Waals surface area contributed by atoms with Crippen LogP contribution in [0.3, 0.4) is 0 Å². The molecule has 0 spiro atoms. The molecule has 1 aromatic heterocycles. The molecule has 8 nitrogen and oxygen atoms in total. The summed E-state index contributed by atoms with van der Waals surface area (Å²) in [4.78, 5) is 47.6. The molecule has 10 heteroatoms. The van der Waals surface area contributed by atoms with Crippen molar-refractivity contribution in [3.63, 3.8) is 0 Å². The standard InChI is InChI=1S/C32H44N4O4SSi/c1-21-26(41-20-34-21)23-11-9-22(10-12-23)18-33-28(38)25-17-24(37)19-36(25)29(39)27(31(2,3)4)35-30(40)32(14-15-32)13-8-16-42(5,6)7/h9-12,20,24-25,27,37H,13-15,17-19H2,1-7H3,(H,33,38)(H,35,40)/t24-,25+,27-/m1/s1. The van der Waals surface area contributed by atoms with Gasteiger partial charge in [0.2, 0.25) is 17.7 Å². The van der Waals surface area contributed by atoms with Crippen LogP contribution in [0.2, 0.25) is 19.6 Å². The van der Waals surface area contributed by atoms with Gasteiger partial charge in [-0.25, -0.2) is 4.98 Å². The maximum absolute atomic E-state index is 13.9. The first-order valence-corrected chi connectivity index (χ1v) is 19.0. The molecule has 4 rings (SSSR count). The minimum Gasteiger partial charge on any atom is -0.391 e. The molecule has 2 aromatic rings. The van der Waals surface area contributed by atoms with Crippen LogP contribution in [0.5, 0.6) is 0 Å². The van der Waals surface area contributed by atoms with Crippen molar-refractivity contribution in [1.82, 2.24) is 20.5 Å². The molecule has 42 heavy (non-hydrogen) atoms. The number of aromatic nitrogens is 1. The zero-order valence-corrected chi connectivity index (χ0v) is 27.7. The Balaban J connectivity index is 1.42. The van der Waals surface area contributed by atoms with E-state index in [1.165, 1.54) is 4.90 Å². The minimum atomic E-state index is -1.55. The van der Waals surface area contributed by atoms with Crippen molar-refractivity contribution >= 4 is 37.1 Å². The number of hydrogen-bond acceptors (Lipinski definition) is 6. The smallest absolute Gasteiger partial charge is 0.246 e. The van der Waals surface area contributed by atoms with Crippen molar-refractivity contribution in [3.8, 4) is 21.9 Å². The van der Waals surface area contributed by atoms with Crippen molar-refractivity contribution < 1.29 is 19.5 Å². The highest BCUT2D eigenvalue weighted by Gasteiger charge is 2.52. The highest BCUT2D eigenvalue weighted by atomic mass is 32.1. The number of hydrogen-bond donors (Lipinski definition) is 3. The third-order valence-electron chi connectivity index (χ3n) is 7.91. The van der Waals surface area contributed by atoms with Crippen molar-refractivity contribution in [3.05, 3.63) is 41.0 Å². The first-order chi connectivity index (χ1) is 19.6. The quantitative estimate of drug-likeness (QED) is 0.306. The molecule has 3 amide bonds. The molecule has 1 aromatic carbocycles. The summed E-state index contributed by atoms with van der Waals surface area (Å²) in [6.45, 7) is 14.6. The van der Waals surface area contributed by atoms with Crippen LogP contribution in [0, 0.1) is 29.2 Å². The Morgan fingerprint density at radius 3 is 2.40 bits per heavy atom. The van der Waals surface area contributed by atoms with Gasteiger partial charge in [0.15, 0.2) is 0 Å². The monoisotopic (exact) mass is 608 g/mol. The predicted molar refractivity (Wildman–Crippen MR) is 169 cm³/mol. The molecule has 0 bridgehead atoms. The molecule has 1 aliphatic carbocycles. The number of carbonyl (C=O) groups excluding carboxylic acids is 3. The summed E-state index contributed by atoms with van der Waals surface area (Å²) in [5.41, 5.74) is 7.01. The van der Waals surface area contributed by atoms with Gasteiger partial charge in [-0.1, -0.05) is 64.7 Å². The highest BCUT2D eigenvalue weighted by Crippen LogP contribution is 2.49. The van der Waals surface area contributed by atoms with Crippen molar-refractivity contribution in [2.45, 2.75) is 97.8 Å². The summed E-state index contributed by atoms with van der Waals surface area (Å²) >= 11 is 1.59. The molecular weight excluding hydrogens is 565 g/mol. The summed E-state index contributed by atoms with van der Waals surface area (Å²) in [7, 11) is -1.55. The van der Waals surface area contributed by atoms with Gasteiger partial charge in [-0.15, -0.1) is 22.8 Å². The normalized spacial score (nSPS) is 20.3. The predicted octanol–water partition coefficient (Wildman–Crippen LogP) is 4.28. The van der Waals surface area contributed by atoms with Gasteiger partial charge in [-0.3, -0.25) is 14.4 Å². The van der Waals surface area contributed by atoms with Gasteiger partial charge in [0, 0.05) is 25.9 Å². The number of aryl methyl sites for hydroxylation is 1. The maximum atomic E-state index is 13.9. The first kappa shape index (κ1) is 31.9. The fourth-order valence-corrected chi connectivity index (χ4v) is 6.61. The van der Waals surface area contributed by atoms with E-state index in [1.54, 1.807) is 11.3 Å². The van der Waals surface area contributed by atoms with E-state index in [2.05, 4.69) is 46.7 Å². The number of amides is 3. The minimum absolute atomic E-state index is 0.0507. The number of aliphatic hydroxyl groups is 1. The second-order valence-corrected chi connectivity index (χ2v) is 19.5. The van der Waals surface area contributed by atoms with E-state index in [-0.39, 0.29) is 30.7 Å². The SMILES string of the molecule is Cc1ncsc1-c1ccc(CNC(=O)[C@@H]2C[C@@H](O)CN2C(=O)[C@@H](NC(=O)C2(CC#C[Si](C)(C)C)CC2)C(C)(C)C)cc1. The van der Waals surface area contributed by atoms with E-state index >= 15 is 0 Å². The Labute approximate surface area is 254 Å². The number of aliphatic hydroxyl groups excluding tert-OH is 1. The fraction of sp³-hybridized carbons (Fsp3) is 0.562. The van der Waals surface area contributed by atoms with Gasteiger partial charge in [0.05, 0.1) is 27.6 Å². The lowest BCUT2D eigenvalue weighted by Gasteiger charge is -2.36. The van der Waals surface area contributed by atoms with E-state index in [9.17, 15) is 19.5 Å². The van der Waals surface area contributed by atoms with Crippen LogP contribution >= 0.6 is 11.3 Å². The van der Waals surface area contributed by atoms with Gasteiger partial charge in [-0.05, 0) is 36.3 Å². The molecule has 1 aliphatic heterocycles. The van der Waals surface area contributed by atoms with Crippen molar-refractivity contribution in [1.29, 1.82) is 0 Å². The van der Waals surface area contributed by atoms with Crippen LogP contribution in [0.1, 0.15) is 57.7 Å². The third-order valence-corrected chi connectivity index (χ3v) is 9.81. The lowest BCUT2D eigenvalue weighted by Crippen LogP contribution is -2.58. The largest absolute Gasteiger partial charge is 0.391 e. The molecular formula is C32H44N4O4SSi. The summed E-state index contributed by atoms with van der Waals surface area (Å²) in [6.07, 6.45) is 1.34. The lowest BCUT2D eigenvalue weighted by atomic mass is 9.84. The Kier molecular flexibility index (Phi) is 9.36. The second kappa shape index (κ2) is 12.3. The lowest BCUT2D eigenvalue weighted by molar-refractivity contribution is -0.144. The van der Waals surface area contributed by atoms with Gasteiger partial charge in [0.25, 0.3) is 0 Å². The Morgan fingerprint density at radius 2 is 1.86 bits per heavy atom. The Morgan fingerprint density at radius 1 is 1.19 bits per heavy atom. The summed E-state index contributed by atoms with van der Waals surface area (Å²) in [5, 5.41) is 16.5. The molecule has 2 heterocycles. The molecule has 3 atom stereocenters. The van der Waals surface area contributed by atoms with Crippen LogP contribution < -0.4 is 10.6 Å². The molecule has 0 radical (unpaired) electrons. The highest BCUT2D eigenvalue weighted by molar-refractivity contribution is 7.13. The molecule has 1 saturated carbocycles. The summed E-state index contributed by atoms with van der Waals surface area (Å²) in [6, 6.07) is 6.30. The van der Waals surface area contributed by atoms with Gasteiger partial charge in [-0.2, -0.15) is 0 Å². The van der Waals surface area contributed by atoms with Crippen LogP contribution in [0.25, 0.3) is 10.4 Å². The number of benzene rings is 1. The van der Waals surface area contributed by atoms with E-state index in [0.29, 0.717) is 13.0 Å². The molecule has 0 unspecified atom stereocenters. The number of rotatable bonds is 8. The topological polar surface area (TPSA) is 112 Å². The molecule has 2 aliphatic rings. The van der Waals surface area contributed by atoms with Gasteiger partial charge in [0.1, 0.15) is 20.2 Å². The van der Waals surface area contributed by atoms with Crippen LogP contribution in [0.15, 0.2) is 29.8 Å². The number of carbonyl (C=O) groups is 3. The average molecular weight is 609 g/mol. The first-order valence-electron chi connectivity index (χ1n) is 14.7. The van der Waals surface area contributed by atoms with Crippen LogP contribution in [-0.2, 0) is 20.9 Å². The Hall–Kier alpha value is -3.00. The van der Waals surface area contributed by atoms with Crippen molar-refractivity contribution in [2.75, 3.05) is 6.54 Å². The van der Waals surface area contributed by atoms with E-state index in [0.717, 1.165) is 34.5 Å². The molecule has 2 fully saturated rings. The molecule has 226 valence electrons. The fourth-order valence-electron chi connectivity index (χ4n) is 5.18. The number of likely N-dealkylation sites (tertiary alicyclic amines) is 1. The van der Waals surface area contributed by atoms with E-state index in [4.69, 9.17) is 0 Å². The Bertz CT molecular complexity index is 1380. The summed E-state index contributed by atoms with van der Waals surface area (Å²) < 4.78 is 0. The van der Waals surface area contributed by atoms with Crippen molar-refractivity contribution in [2.24, 2.45) is 10.8 Å². The third kappa shape index (κ3) is 7.68. The molecule has 1 saturated heterocycles. The van der Waals surface area contributed by atoms with Gasteiger partial charge >= 0.3 is 0 Å². The van der Waals surface area contributed by atoms with Crippen LogP contribution in [0.4, 0.5) is 0 Å². The number of β-amino-alcohol motifs (C(OH)–C–C–N with tert-alkyl or cyclic N) is 1. The zero-order chi connectivity index (χ0) is 30.9. The molecule has 3 N–H and O–H groups in total. The van der Waals surface area contributed by atoms with E-state index < -0.39 is 37.1 Å². The zero-order valence-electron chi connectivity index (χ0n) is 25.8. The number of nitrogens with one attached hydrogen (secondary N) is 2. The second-order valence-electron chi connectivity index (χ2n) is 13.9. The van der Waals surface area contributed by atoms with E-state index in [1.807, 2.05) is 57.5 Å². The number of thiazole rings is 1. The average Bonchev–Trinajstić information content (AvgIpc) is 3.40. The van der Waals surface area contributed by atoms with Crippen LogP contribution in [-0.4, -0.2) is 65.5 Å². The summed E-state index contributed by atoms with van der Waals surface area (Å²) in [5.74, 6) is 2.42. The maximum Gasteiger partial charge on any atom is 0.246 e.